The number of benzene rings is 3. The average molecular weight is 402 g/mol. The van der Waals surface area contributed by atoms with E-state index in [1.165, 1.54) is 34.3 Å². The van der Waals surface area contributed by atoms with Gasteiger partial charge in [0.2, 0.25) is 0 Å². The van der Waals surface area contributed by atoms with Crippen LogP contribution in [0.25, 0.3) is 0 Å². The van der Waals surface area contributed by atoms with Crippen molar-refractivity contribution in [3.63, 3.8) is 0 Å². The standard InChI is InChI=1S/C28H34P/c1-24(20-22-28(2,3)4)21-23-29(25-14-8-5-9-15-25,26-16-10-6-11-17-26)27-18-12-7-13-19-27/h5-19,21H,20,22-23H2,1-4H3/q+1. The van der Waals surface area contributed by atoms with Crippen molar-refractivity contribution in [1.29, 1.82) is 0 Å². The lowest BCUT2D eigenvalue weighted by molar-refractivity contribution is 0.377. The van der Waals surface area contributed by atoms with Crippen molar-refractivity contribution in [2.45, 2.75) is 40.5 Å². The Morgan fingerprint density at radius 3 is 1.41 bits per heavy atom. The molecular weight excluding hydrogens is 367 g/mol. The predicted octanol–water partition coefficient (Wildman–Crippen LogP) is 6.75. The first-order valence-corrected chi connectivity index (χ1v) is 12.6. The third-order valence-corrected chi connectivity index (χ3v) is 9.84. The molecule has 0 radical (unpaired) electrons. The molecule has 0 heterocycles. The van der Waals surface area contributed by atoms with Crippen LogP contribution in [0.1, 0.15) is 40.5 Å². The van der Waals surface area contributed by atoms with E-state index < -0.39 is 7.26 Å². The van der Waals surface area contributed by atoms with Crippen LogP contribution in [0.4, 0.5) is 0 Å². The van der Waals surface area contributed by atoms with Crippen LogP contribution in [0, 0.1) is 5.41 Å². The molecule has 0 saturated heterocycles. The summed E-state index contributed by atoms with van der Waals surface area (Å²) >= 11 is 0. The molecule has 0 N–H and O–H groups in total. The molecule has 0 unspecified atom stereocenters. The summed E-state index contributed by atoms with van der Waals surface area (Å²) in [6, 6.07) is 33.4. The monoisotopic (exact) mass is 401 g/mol. The van der Waals surface area contributed by atoms with Crippen molar-refractivity contribution in [2.75, 3.05) is 6.16 Å². The van der Waals surface area contributed by atoms with Crippen LogP contribution in [0.2, 0.25) is 0 Å². The molecule has 0 saturated carbocycles. The molecule has 150 valence electrons. The molecule has 0 aliphatic heterocycles. The van der Waals surface area contributed by atoms with Crippen molar-refractivity contribution in [3.8, 4) is 0 Å². The Labute approximate surface area is 178 Å². The minimum Gasteiger partial charge on any atom is -0.0737 e. The Balaban J connectivity index is 2.10. The molecule has 0 fully saturated rings. The first-order chi connectivity index (χ1) is 13.9. The molecule has 0 amide bonds. The SMILES string of the molecule is CC(=CC[P+](c1ccccc1)(c1ccccc1)c1ccccc1)CCC(C)(C)C. The Hall–Kier alpha value is -2.17. The zero-order chi connectivity index (χ0) is 20.7. The molecule has 1 heteroatoms. The molecule has 29 heavy (non-hydrogen) atoms. The smallest absolute Gasteiger partial charge is 0.0737 e. The Morgan fingerprint density at radius 1 is 0.690 bits per heavy atom. The molecule has 3 aromatic carbocycles. The molecule has 0 spiro atoms. The summed E-state index contributed by atoms with van der Waals surface area (Å²) in [4.78, 5) is 0. The van der Waals surface area contributed by atoms with Gasteiger partial charge in [0.25, 0.3) is 0 Å². The van der Waals surface area contributed by atoms with E-state index in [-0.39, 0.29) is 0 Å². The van der Waals surface area contributed by atoms with E-state index >= 15 is 0 Å². The van der Waals surface area contributed by atoms with Crippen molar-refractivity contribution < 1.29 is 0 Å². The minimum absolute atomic E-state index is 0.375. The van der Waals surface area contributed by atoms with Crippen LogP contribution in [0.15, 0.2) is 103 Å². The second-order valence-electron chi connectivity index (χ2n) is 9.11. The van der Waals surface area contributed by atoms with Gasteiger partial charge < -0.3 is 0 Å². The highest BCUT2D eigenvalue weighted by atomic mass is 31.2. The zero-order valence-corrected chi connectivity index (χ0v) is 19.2. The molecule has 0 bridgehead atoms. The summed E-state index contributed by atoms with van der Waals surface area (Å²) in [6.07, 6.45) is 5.98. The zero-order valence-electron chi connectivity index (χ0n) is 18.3. The van der Waals surface area contributed by atoms with E-state index in [1.54, 1.807) is 0 Å². The highest BCUT2D eigenvalue weighted by Gasteiger charge is 2.44. The number of hydrogen-bond donors (Lipinski definition) is 0. The van der Waals surface area contributed by atoms with Gasteiger partial charge in [0.15, 0.2) is 0 Å². The van der Waals surface area contributed by atoms with E-state index in [4.69, 9.17) is 0 Å². The maximum atomic E-state index is 2.52. The molecule has 0 aliphatic rings. The van der Waals surface area contributed by atoms with Crippen LogP contribution in [-0.2, 0) is 0 Å². The molecule has 0 aliphatic carbocycles. The maximum Gasteiger partial charge on any atom is 0.115 e. The summed E-state index contributed by atoms with van der Waals surface area (Å²) in [5.41, 5.74) is 1.88. The van der Waals surface area contributed by atoms with Crippen molar-refractivity contribution in [3.05, 3.63) is 103 Å². The Morgan fingerprint density at radius 2 is 1.07 bits per heavy atom. The summed E-state index contributed by atoms with van der Waals surface area (Å²) < 4.78 is 0. The number of hydrogen-bond acceptors (Lipinski definition) is 0. The fourth-order valence-corrected chi connectivity index (χ4v) is 7.93. The topological polar surface area (TPSA) is 0 Å². The quantitative estimate of drug-likeness (QED) is 0.303. The predicted molar refractivity (Wildman–Crippen MR) is 132 cm³/mol. The van der Waals surface area contributed by atoms with E-state index in [1.807, 2.05) is 0 Å². The van der Waals surface area contributed by atoms with Crippen molar-refractivity contribution in [1.82, 2.24) is 0 Å². The van der Waals surface area contributed by atoms with Gasteiger partial charge >= 0.3 is 0 Å². The van der Waals surface area contributed by atoms with Crippen LogP contribution in [0.5, 0.6) is 0 Å². The van der Waals surface area contributed by atoms with E-state index in [0.717, 1.165) is 6.16 Å². The van der Waals surface area contributed by atoms with E-state index in [2.05, 4.69) is 125 Å². The number of allylic oxidation sites excluding steroid dienone is 2. The third-order valence-electron chi connectivity index (χ3n) is 5.57. The second-order valence-corrected chi connectivity index (χ2v) is 12.6. The van der Waals surface area contributed by atoms with Gasteiger partial charge in [0.05, 0.1) is 6.16 Å². The lowest BCUT2D eigenvalue weighted by Crippen LogP contribution is -2.33. The largest absolute Gasteiger partial charge is 0.115 e. The van der Waals surface area contributed by atoms with Crippen LogP contribution < -0.4 is 15.9 Å². The van der Waals surface area contributed by atoms with Gasteiger partial charge in [-0.3, -0.25) is 0 Å². The molecule has 3 rings (SSSR count). The molecule has 0 atom stereocenters. The van der Waals surface area contributed by atoms with Gasteiger partial charge in [0, 0.05) is 0 Å². The average Bonchev–Trinajstić information content (AvgIpc) is 2.74. The first kappa shape index (κ1) is 21.5. The van der Waals surface area contributed by atoms with E-state index in [0.29, 0.717) is 5.41 Å². The van der Waals surface area contributed by atoms with Gasteiger partial charge in [-0.05, 0) is 67.7 Å². The Bertz CT molecular complexity index is 806. The van der Waals surface area contributed by atoms with Gasteiger partial charge in [0.1, 0.15) is 23.2 Å². The lowest BCUT2D eigenvalue weighted by atomic mass is 9.89. The lowest BCUT2D eigenvalue weighted by Gasteiger charge is -2.27. The van der Waals surface area contributed by atoms with Crippen molar-refractivity contribution >= 4 is 23.2 Å². The summed E-state index contributed by atoms with van der Waals surface area (Å²) in [7, 11) is -1.75. The summed E-state index contributed by atoms with van der Waals surface area (Å²) in [5.74, 6) is 0. The van der Waals surface area contributed by atoms with Crippen LogP contribution >= 0.6 is 7.26 Å². The first-order valence-electron chi connectivity index (χ1n) is 10.6. The summed E-state index contributed by atoms with van der Waals surface area (Å²) in [5, 5.41) is 4.37. The highest BCUT2D eigenvalue weighted by molar-refractivity contribution is 7.95. The maximum absolute atomic E-state index is 2.52. The van der Waals surface area contributed by atoms with E-state index in [9.17, 15) is 0 Å². The van der Waals surface area contributed by atoms with Crippen LogP contribution in [-0.4, -0.2) is 6.16 Å². The van der Waals surface area contributed by atoms with Crippen molar-refractivity contribution in [2.24, 2.45) is 5.41 Å². The van der Waals surface area contributed by atoms with Crippen LogP contribution in [0.3, 0.4) is 0 Å². The highest BCUT2D eigenvalue weighted by Crippen LogP contribution is 2.55. The fraction of sp³-hybridized carbons (Fsp3) is 0.286. The van der Waals surface area contributed by atoms with Gasteiger partial charge in [-0.25, -0.2) is 0 Å². The minimum atomic E-state index is -1.75. The van der Waals surface area contributed by atoms with Gasteiger partial charge in [-0.15, -0.1) is 0 Å². The molecule has 0 aromatic heterocycles. The molecular formula is C28H34P+. The Kier molecular flexibility index (Phi) is 7.09. The summed E-state index contributed by atoms with van der Waals surface area (Å²) in [6.45, 7) is 9.29. The van der Waals surface area contributed by atoms with Gasteiger partial charge in [-0.1, -0.05) is 80.9 Å². The third kappa shape index (κ3) is 5.46. The second kappa shape index (κ2) is 9.55. The number of rotatable bonds is 7. The van der Waals surface area contributed by atoms with Gasteiger partial charge in [-0.2, -0.15) is 0 Å². The normalized spacial score (nSPS) is 12.8. The molecule has 3 aromatic rings. The fourth-order valence-electron chi connectivity index (χ4n) is 3.78. The molecule has 0 nitrogen and oxygen atoms in total.